The predicted molar refractivity (Wildman–Crippen MR) is 63.5 cm³/mol. The van der Waals surface area contributed by atoms with Crippen LogP contribution in [-0.4, -0.2) is 19.9 Å². The highest BCUT2D eigenvalue weighted by Crippen LogP contribution is 2.07. The Labute approximate surface area is 100 Å². The first-order valence-electron chi connectivity index (χ1n) is 4.53. The molecule has 0 saturated heterocycles. The number of halogens is 1. The van der Waals surface area contributed by atoms with Crippen LogP contribution < -0.4 is 11.1 Å². The van der Waals surface area contributed by atoms with E-state index in [0.29, 0.717) is 24.1 Å². The van der Waals surface area contributed by atoms with Crippen LogP contribution in [-0.2, 0) is 6.54 Å². The summed E-state index contributed by atoms with van der Waals surface area (Å²) in [6.45, 7) is 0.437. The zero-order valence-corrected chi connectivity index (χ0v) is 9.85. The fourth-order valence-corrected chi connectivity index (χ4v) is 1.27. The standard InChI is InChI=1S/C9H9BrN6/c10-6-3-13-9(14-4-6)15-5-8-12-2-1-7(11)16-8/h1-4H,5H2,(H2,11,12,16)(H,13,14,15). The number of rotatable bonds is 3. The van der Waals surface area contributed by atoms with Gasteiger partial charge in [-0.15, -0.1) is 0 Å². The van der Waals surface area contributed by atoms with Crippen LogP contribution in [0.3, 0.4) is 0 Å². The Bertz CT molecular complexity index is 472. The first-order chi connectivity index (χ1) is 7.74. The van der Waals surface area contributed by atoms with Crippen LogP contribution in [0.2, 0.25) is 0 Å². The number of nitrogens with one attached hydrogen (secondary N) is 1. The molecule has 2 aromatic rings. The molecular formula is C9H9BrN6. The molecule has 0 aliphatic rings. The summed E-state index contributed by atoms with van der Waals surface area (Å²) in [4.78, 5) is 16.2. The number of nitrogens with zero attached hydrogens (tertiary/aromatic N) is 4. The Morgan fingerprint density at radius 2 is 2.00 bits per heavy atom. The lowest BCUT2D eigenvalue weighted by Gasteiger charge is -2.03. The topological polar surface area (TPSA) is 89.6 Å². The highest BCUT2D eigenvalue weighted by molar-refractivity contribution is 9.10. The zero-order valence-electron chi connectivity index (χ0n) is 8.26. The number of nitrogens with two attached hydrogens (primary N) is 1. The summed E-state index contributed by atoms with van der Waals surface area (Å²) in [5, 5.41) is 2.99. The first kappa shape index (κ1) is 10.7. The van der Waals surface area contributed by atoms with E-state index in [4.69, 9.17) is 5.73 Å². The van der Waals surface area contributed by atoms with Crippen molar-refractivity contribution in [3.63, 3.8) is 0 Å². The van der Waals surface area contributed by atoms with Gasteiger partial charge >= 0.3 is 0 Å². The second-order valence-corrected chi connectivity index (χ2v) is 3.89. The summed E-state index contributed by atoms with van der Waals surface area (Å²) in [7, 11) is 0. The molecule has 3 N–H and O–H groups in total. The third kappa shape index (κ3) is 2.86. The second-order valence-electron chi connectivity index (χ2n) is 2.98. The van der Waals surface area contributed by atoms with Gasteiger partial charge in [0.05, 0.1) is 11.0 Å². The van der Waals surface area contributed by atoms with E-state index in [1.165, 1.54) is 0 Å². The van der Waals surface area contributed by atoms with Crippen LogP contribution in [0.25, 0.3) is 0 Å². The average molecular weight is 281 g/mol. The maximum absolute atomic E-state index is 5.53. The molecule has 0 radical (unpaired) electrons. The Morgan fingerprint density at radius 1 is 1.25 bits per heavy atom. The Kier molecular flexibility index (Phi) is 3.25. The summed E-state index contributed by atoms with van der Waals surface area (Å²) in [6.07, 6.45) is 4.94. The molecule has 0 fully saturated rings. The number of aromatic nitrogens is 4. The smallest absolute Gasteiger partial charge is 0.223 e. The van der Waals surface area contributed by atoms with E-state index in [0.717, 1.165) is 4.47 Å². The van der Waals surface area contributed by atoms with Crippen molar-refractivity contribution in [2.75, 3.05) is 11.1 Å². The second kappa shape index (κ2) is 4.84. The van der Waals surface area contributed by atoms with Crippen LogP contribution >= 0.6 is 15.9 Å². The van der Waals surface area contributed by atoms with Gasteiger partial charge in [-0.3, -0.25) is 0 Å². The number of nitrogen functional groups attached to an aromatic ring is 1. The minimum absolute atomic E-state index is 0.437. The van der Waals surface area contributed by atoms with Crippen molar-refractivity contribution in [2.45, 2.75) is 6.54 Å². The van der Waals surface area contributed by atoms with Gasteiger partial charge in [0, 0.05) is 18.6 Å². The summed E-state index contributed by atoms with van der Waals surface area (Å²) in [6, 6.07) is 1.64. The predicted octanol–water partition coefficient (Wildman–Crippen LogP) is 1.22. The Morgan fingerprint density at radius 3 is 2.69 bits per heavy atom. The lowest BCUT2D eigenvalue weighted by atomic mass is 10.5. The van der Waals surface area contributed by atoms with Gasteiger partial charge in [-0.25, -0.2) is 19.9 Å². The lowest BCUT2D eigenvalue weighted by Crippen LogP contribution is -2.07. The van der Waals surface area contributed by atoms with Gasteiger partial charge in [0.25, 0.3) is 0 Å². The molecule has 16 heavy (non-hydrogen) atoms. The largest absolute Gasteiger partial charge is 0.384 e. The van der Waals surface area contributed by atoms with E-state index in [-0.39, 0.29) is 0 Å². The molecule has 0 atom stereocenters. The molecular weight excluding hydrogens is 272 g/mol. The third-order valence-corrected chi connectivity index (χ3v) is 2.16. The quantitative estimate of drug-likeness (QED) is 0.879. The molecule has 0 aliphatic carbocycles. The van der Waals surface area contributed by atoms with Crippen molar-refractivity contribution in [3.8, 4) is 0 Å². The first-order valence-corrected chi connectivity index (χ1v) is 5.32. The van der Waals surface area contributed by atoms with Crippen molar-refractivity contribution in [2.24, 2.45) is 0 Å². The minimum atomic E-state index is 0.437. The average Bonchev–Trinajstić information content (AvgIpc) is 2.28. The van der Waals surface area contributed by atoms with E-state index in [1.54, 1.807) is 24.7 Å². The van der Waals surface area contributed by atoms with Gasteiger partial charge in [-0.05, 0) is 22.0 Å². The number of hydrogen-bond acceptors (Lipinski definition) is 6. The van der Waals surface area contributed by atoms with Crippen LogP contribution in [0.4, 0.5) is 11.8 Å². The highest BCUT2D eigenvalue weighted by atomic mass is 79.9. The summed E-state index contributed by atoms with van der Waals surface area (Å²) in [5.74, 6) is 1.57. The van der Waals surface area contributed by atoms with Crippen molar-refractivity contribution in [1.29, 1.82) is 0 Å². The SMILES string of the molecule is Nc1ccnc(CNc2ncc(Br)cn2)n1. The molecule has 82 valence electrons. The van der Waals surface area contributed by atoms with E-state index in [1.807, 2.05) is 0 Å². The summed E-state index contributed by atoms with van der Waals surface area (Å²) < 4.78 is 0.832. The normalized spacial score (nSPS) is 10.1. The van der Waals surface area contributed by atoms with Crippen molar-refractivity contribution >= 4 is 27.7 Å². The van der Waals surface area contributed by atoms with Gasteiger partial charge in [0.2, 0.25) is 5.95 Å². The minimum Gasteiger partial charge on any atom is -0.384 e. The Balaban J connectivity index is 1.99. The maximum atomic E-state index is 5.53. The molecule has 2 rings (SSSR count). The van der Waals surface area contributed by atoms with Crippen LogP contribution in [0.5, 0.6) is 0 Å². The monoisotopic (exact) mass is 280 g/mol. The summed E-state index contributed by atoms with van der Waals surface area (Å²) >= 11 is 3.26. The highest BCUT2D eigenvalue weighted by Gasteiger charge is 1.99. The van der Waals surface area contributed by atoms with Gasteiger partial charge in [-0.1, -0.05) is 0 Å². The third-order valence-electron chi connectivity index (χ3n) is 1.75. The number of anilines is 2. The van der Waals surface area contributed by atoms with E-state index in [2.05, 4.69) is 41.2 Å². The molecule has 7 heteroatoms. The molecule has 0 amide bonds. The molecule has 0 saturated carbocycles. The van der Waals surface area contributed by atoms with Crippen LogP contribution in [0.1, 0.15) is 5.82 Å². The van der Waals surface area contributed by atoms with Gasteiger partial charge in [0.1, 0.15) is 11.6 Å². The maximum Gasteiger partial charge on any atom is 0.223 e. The molecule has 0 unspecified atom stereocenters. The van der Waals surface area contributed by atoms with E-state index in [9.17, 15) is 0 Å². The molecule has 0 bridgehead atoms. The van der Waals surface area contributed by atoms with Gasteiger partial charge in [-0.2, -0.15) is 0 Å². The fraction of sp³-hybridized carbons (Fsp3) is 0.111. The molecule has 2 aromatic heterocycles. The van der Waals surface area contributed by atoms with Crippen molar-refractivity contribution < 1.29 is 0 Å². The van der Waals surface area contributed by atoms with Gasteiger partial charge in [0.15, 0.2) is 0 Å². The zero-order chi connectivity index (χ0) is 11.4. The van der Waals surface area contributed by atoms with Crippen molar-refractivity contribution in [3.05, 3.63) is 35.0 Å². The molecule has 0 aromatic carbocycles. The van der Waals surface area contributed by atoms with Gasteiger partial charge < -0.3 is 11.1 Å². The van der Waals surface area contributed by atoms with Crippen LogP contribution in [0, 0.1) is 0 Å². The van der Waals surface area contributed by atoms with Crippen molar-refractivity contribution in [1.82, 2.24) is 19.9 Å². The fourth-order valence-electron chi connectivity index (χ4n) is 1.06. The molecule has 0 spiro atoms. The summed E-state index contributed by atoms with van der Waals surface area (Å²) in [5.41, 5.74) is 5.53. The Hall–Kier alpha value is -1.76. The van der Waals surface area contributed by atoms with E-state index < -0.39 is 0 Å². The van der Waals surface area contributed by atoms with E-state index >= 15 is 0 Å². The lowest BCUT2D eigenvalue weighted by molar-refractivity contribution is 0.932. The molecule has 6 nitrogen and oxygen atoms in total. The van der Waals surface area contributed by atoms with Crippen LogP contribution in [0.15, 0.2) is 29.1 Å². The molecule has 2 heterocycles. The molecule has 0 aliphatic heterocycles. The number of hydrogen-bond donors (Lipinski definition) is 2.